The third-order valence-electron chi connectivity index (χ3n) is 6.38. The summed E-state index contributed by atoms with van der Waals surface area (Å²) in [7, 11) is 0. The van der Waals surface area contributed by atoms with E-state index in [1.54, 1.807) is 23.1 Å². The molecular weight excluding hydrogens is 462 g/mol. The number of nitro groups is 1. The van der Waals surface area contributed by atoms with Crippen LogP contribution >= 0.6 is 0 Å². The number of fused-ring (bicyclic) bond motifs is 1. The molecule has 1 fully saturated rings. The minimum absolute atomic E-state index is 0.129. The Bertz CT molecular complexity index is 1500. The SMILES string of the molecule is Cc1cccc(CN2CCN(C(=O)Cn3cnc4c(cnn4-c4ccccc4[N+](=O)[O-])c3=O)CC2)c1. The van der Waals surface area contributed by atoms with Gasteiger partial charge in [0.15, 0.2) is 5.65 Å². The van der Waals surface area contributed by atoms with Crippen molar-refractivity contribution in [3.05, 3.63) is 92.7 Å². The Balaban J connectivity index is 1.28. The highest BCUT2D eigenvalue weighted by atomic mass is 16.6. The van der Waals surface area contributed by atoms with Gasteiger partial charge in [-0.05, 0) is 18.6 Å². The van der Waals surface area contributed by atoms with Gasteiger partial charge < -0.3 is 4.90 Å². The topological polar surface area (TPSA) is 119 Å². The number of rotatable bonds is 6. The zero-order chi connectivity index (χ0) is 25.2. The maximum Gasteiger partial charge on any atom is 0.294 e. The second-order valence-electron chi connectivity index (χ2n) is 8.86. The molecule has 0 radical (unpaired) electrons. The maximum absolute atomic E-state index is 13.0. The summed E-state index contributed by atoms with van der Waals surface area (Å²) in [5.41, 5.74) is 2.32. The fraction of sp³-hybridized carbons (Fsp3) is 0.280. The molecule has 11 nitrogen and oxygen atoms in total. The Labute approximate surface area is 206 Å². The van der Waals surface area contributed by atoms with E-state index < -0.39 is 10.5 Å². The monoisotopic (exact) mass is 487 g/mol. The number of piperazine rings is 1. The van der Waals surface area contributed by atoms with Crippen LogP contribution in [0.15, 0.2) is 65.8 Å². The highest BCUT2D eigenvalue weighted by molar-refractivity contribution is 5.78. The molecule has 4 aromatic rings. The normalized spacial score (nSPS) is 14.3. The molecule has 0 unspecified atom stereocenters. The van der Waals surface area contributed by atoms with Gasteiger partial charge in [0.05, 0.1) is 11.1 Å². The van der Waals surface area contributed by atoms with E-state index in [2.05, 4.69) is 46.2 Å². The fourth-order valence-corrected chi connectivity index (χ4v) is 4.50. The number of carbonyl (C=O) groups is 1. The van der Waals surface area contributed by atoms with Gasteiger partial charge in [-0.2, -0.15) is 5.10 Å². The number of aromatic nitrogens is 4. The fourth-order valence-electron chi connectivity index (χ4n) is 4.50. The average molecular weight is 488 g/mol. The van der Waals surface area contributed by atoms with E-state index >= 15 is 0 Å². The molecule has 1 aliphatic heterocycles. The predicted octanol–water partition coefficient (Wildman–Crippen LogP) is 2.14. The molecule has 0 saturated carbocycles. The summed E-state index contributed by atoms with van der Waals surface area (Å²) >= 11 is 0. The minimum atomic E-state index is -0.511. The van der Waals surface area contributed by atoms with Gasteiger partial charge in [-0.25, -0.2) is 9.67 Å². The quantitative estimate of drug-likeness (QED) is 0.302. The van der Waals surface area contributed by atoms with Crippen LogP contribution in [0.3, 0.4) is 0 Å². The van der Waals surface area contributed by atoms with Crippen molar-refractivity contribution in [2.75, 3.05) is 26.2 Å². The Hall–Kier alpha value is -4.38. The van der Waals surface area contributed by atoms with Crippen LogP contribution in [0.4, 0.5) is 5.69 Å². The molecule has 11 heteroatoms. The summed E-state index contributed by atoms with van der Waals surface area (Å²) in [6, 6.07) is 14.5. The van der Waals surface area contributed by atoms with Crippen LogP contribution in [0.25, 0.3) is 16.7 Å². The number of hydrogen-bond donors (Lipinski definition) is 0. The lowest BCUT2D eigenvalue weighted by atomic mass is 10.1. The third-order valence-corrected chi connectivity index (χ3v) is 6.38. The van der Waals surface area contributed by atoms with Gasteiger partial charge in [0.25, 0.3) is 11.2 Å². The van der Waals surface area contributed by atoms with E-state index in [0.717, 1.165) is 19.6 Å². The second-order valence-corrected chi connectivity index (χ2v) is 8.86. The smallest absolute Gasteiger partial charge is 0.294 e. The van der Waals surface area contributed by atoms with Crippen molar-refractivity contribution in [2.45, 2.75) is 20.0 Å². The minimum Gasteiger partial charge on any atom is -0.339 e. The van der Waals surface area contributed by atoms with Crippen molar-refractivity contribution in [3.8, 4) is 5.69 Å². The molecule has 0 atom stereocenters. The second kappa shape index (κ2) is 9.70. The number of carbonyl (C=O) groups excluding carboxylic acids is 1. The Kier molecular flexibility index (Phi) is 6.30. The summed E-state index contributed by atoms with van der Waals surface area (Å²) in [6.45, 7) is 5.48. The van der Waals surface area contributed by atoms with Crippen LogP contribution in [-0.2, 0) is 17.9 Å². The lowest BCUT2D eigenvalue weighted by Crippen LogP contribution is -2.49. The first-order valence-corrected chi connectivity index (χ1v) is 11.6. The molecule has 3 heterocycles. The molecule has 1 aliphatic rings. The molecular formula is C25H25N7O4. The number of nitro benzene ring substituents is 1. The molecule has 184 valence electrons. The molecule has 1 amide bonds. The first-order valence-electron chi connectivity index (χ1n) is 11.6. The highest BCUT2D eigenvalue weighted by Gasteiger charge is 2.23. The number of benzene rings is 2. The van der Waals surface area contributed by atoms with Gasteiger partial charge in [-0.15, -0.1) is 0 Å². The molecule has 0 bridgehead atoms. The Morgan fingerprint density at radius 1 is 1.08 bits per heavy atom. The maximum atomic E-state index is 13.0. The molecule has 0 N–H and O–H groups in total. The molecule has 2 aromatic heterocycles. The van der Waals surface area contributed by atoms with Crippen LogP contribution in [-0.4, -0.2) is 66.1 Å². The Morgan fingerprint density at radius 3 is 2.61 bits per heavy atom. The van der Waals surface area contributed by atoms with Crippen molar-refractivity contribution >= 4 is 22.6 Å². The van der Waals surface area contributed by atoms with E-state index in [4.69, 9.17) is 0 Å². The van der Waals surface area contributed by atoms with Gasteiger partial charge in [-0.3, -0.25) is 29.2 Å². The van der Waals surface area contributed by atoms with Gasteiger partial charge in [-0.1, -0.05) is 42.0 Å². The van der Waals surface area contributed by atoms with Crippen LogP contribution in [0.5, 0.6) is 0 Å². The molecule has 36 heavy (non-hydrogen) atoms. The zero-order valence-electron chi connectivity index (χ0n) is 19.8. The number of amides is 1. The number of nitrogens with zero attached hydrogens (tertiary/aromatic N) is 7. The van der Waals surface area contributed by atoms with Crippen molar-refractivity contribution in [1.82, 2.24) is 29.1 Å². The van der Waals surface area contributed by atoms with Crippen molar-refractivity contribution in [2.24, 2.45) is 0 Å². The average Bonchev–Trinajstić information content (AvgIpc) is 3.31. The predicted molar refractivity (Wildman–Crippen MR) is 133 cm³/mol. The van der Waals surface area contributed by atoms with Crippen molar-refractivity contribution < 1.29 is 9.72 Å². The van der Waals surface area contributed by atoms with Gasteiger partial charge in [0.1, 0.15) is 23.9 Å². The lowest BCUT2D eigenvalue weighted by molar-refractivity contribution is -0.384. The van der Waals surface area contributed by atoms with Crippen molar-refractivity contribution in [1.29, 1.82) is 0 Å². The number of aryl methyl sites for hydroxylation is 1. The lowest BCUT2D eigenvalue weighted by Gasteiger charge is -2.34. The molecule has 5 rings (SSSR count). The molecule has 0 aliphatic carbocycles. The van der Waals surface area contributed by atoms with E-state index in [0.29, 0.717) is 13.1 Å². The van der Waals surface area contributed by atoms with E-state index in [1.807, 2.05) is 0 Å². The number of hydrogen-bond acceptors (Lipinski definition) is 7. The van der Waals surface area contributed by atoms with E-state index in [-0.39, 0.29) is 34.9 Å². The van der Waals surface area contributed by atoms with Crippen LogP contribution < -0.4 is 5.56 Å². The highest BCUT2D eigenvalue weighted by Crippen LogP contribution is 2.24. The molecule has 0 spiro atoms. The zero-order valence-corrected chi connectivity index (χ0v) is 19.8. The van der Waals surface area contributed by atoms with Crippen LogP contribution in [0.1, 0.15) is 11.1 Å². The summed E-state index contributed by atoms with van der Waals surface area (Å²) in [5.74, 6) is -0.153. The first kappa shape index (κ1) is 23.4. The standard InChI is InChI=1S/C25H25N7O4/c1-18-5-4-6-19(13-18)15-28-9-11-29(12-10-28)23(33)16-30-17-26-24-20(25(30)34)14-27-31(24)21-7-2-3-8-22(21)32(35)36/h2-8,13-14,17H,9-12,15-16H2,1H3. The molecule has 1 saturated heterocycles. The number of para-hydroxylation sites is 2. The van der Waals surface area contributed by atoms with Gasteiger partial charge >= 0.3 is 0 Å². The van der Waals surface area contributed by atoms with Crippen LogP contribution in [0, 0.1) is 17.0 Å². The first-order chi connectivity index (χ1) is 17.4. The van der Waals surface area contributed by atoms with Crippen molar-refractivity contribution in [3.63, 3.8) is 0 Å². The summed E-state index contributed by atoms with van der Waals surface area (Å²) < 4.78 is 2.53. The van der Waals surface area contributed by atoms with E-state index in [9.17, 15) is 19.7 Å². The van der Waals surface area contributed by atoms with Gasteiger partial charge in [0, 0.05) is 38.8 Å². The van der Waals surface area contributed by atoms with E-state index in [1.165, 1.54) is 39.0 Å². The summed E-state index contributed by atoms with van der Waals surface area (Å²) in [6.07, 6.45) is 2.62. The largest absolute Gasteiger partial charge is 0.339 e. The summed E-state index contributed by atoms with van der Waals surface area (Å²) in [5, 5.41) is 15.8. The third kappa shape index (κ3) is 4.60. The van der Waals surface area contributed by atoms with Gasteiger partial charge in [0.2, 0.25) is 5.91 Å². The molecule has 2 aromatic carbocycles. The van der Waals surface area contributed by atoms with Crippen LogP contribution in [0.2, 0.25) is 0 Å². The Morgan fingerprint density at radius 2 is 1.86 bits per heavy atom. The summed E-state index contributed by atoms with van der Waals surface area (Å²) in [4.78, 5) is 45.3.